The second-order valence-electron chi connectivity index (χ2n) is 7.60. The molecule has 0 radical (unpaired) electrons. The summed E-state index contributed by atoms with van der Waals surface area (Å²) in [5.41, 5.74) is 4.19. The summed E-state index contributed by atoms with van der Waals surface area (Å²) in [6, 6.07) is 24.0. The van der Waals surface area contributed by atoms with Crippen molar-refractivity contribution in [1.29, 1.82) is 0 Å². The van der Waals surface area contributed by atoms with Crippen molar-refractivity contribution < 1.29 is 9.53 Å². The summed E-state index contributed by atoms with van der Waals surface area (Å²) in [6.07, 6.45) is 4.06. The van der Waals surface area contributed by atoms with Crippen LogP contribution in [-0.4, -0.2) is 27.0 Å². The first-order chi connectivity index (χ1) is 15.1. The van der Waals surface area contributed by atoms with Crippen molar-refractivity contribution >= 4 is 11.4 Å². The number of aromatic nitrogens is 2. The quantitative estimate of drug-likeness (QED) is 0.405. The van der Waals surface area contributed by atoms with Crippen LogP contribution >= 0.6 is 0 Å². The van der Waals surface area contributed by atoms with Crippen molar-refractivity contribution in [2.45, 2.75) is 32.9 Å². The van der Waals surface area contributed by atoms with Crippen LogP contribution in [0.3, 0.4) is 0 Å². The van der Waals surface area contributed by atoms with Crippen LogP contribution in [0.2, 0.25) is 0 Å². The number of rotatable bonds is 8. The minimum absolute atomic E-state index is 0.0439. The lowest BCUT2D eigenvalue weighted by Gasteiger charge is -2.30. The fourth-order valence-corrected chi connectivity index (χ4v) is 3.76. The van der Waals surface area contributed by atoms with Gasteiger partial charge in [-0.2, -0.15) is 5.10 Å². The number of carbonyl (C=O) groups is 1. The fourth-order valence-electron chi connectivity index (χ4n) is 3.76. The zero-order chi connectivity index (χ0) is 21.6. The van der Waals surface area contributed by atoms with Gasteiger partial charge in [-0.3, -0.25) is 4.79 Å². The number of carbonyl (C=O) groups excluding carboxylic acids is 1. The number of benzene rings is 2. The van der Waals surface area contributed by atoms with E-state index < -0.39 is 0 Å². The average molecular weight is 414 g/mol. The van der Waals surface area contributed by atoms with Crippen molar-refractivity contribution in [2.24, 2.45) is 0 Å². The number of hydrogen-bond donors (Lipinski definition) is 0. The van der Waals surface area contributed by atoms with Gasteiger partial charge in [0.1, 0.15) is 5.75 Å². The molecule has 5 nitrogen and oxygen atoms in total. The van der Waals surface area contributed by atoms with E-state index in [0.29, 0.717) is 19.6 Å². The van der Waals surface area contributed by atoms with Crippen LogP contribution in [0.1, 0.15) is 36.6 Å². The maximum atomic E-state index is 13.4. The molecule has 1 atom stereocenters. The number of hydrogen-bond acceptors (Lipinski definition) is 3. The second kappa shape index (κ2) is 9.47. The van der Waals surface area contributed by atoms with Crippen molar-refractivity contribution in [3.05, 3.63) is 102 Å². The Hall–Kier alpha value is -3.60. The molecule has 2 aromatic carbocycles. The molecule has 4 aromatic rings. The van der Waals surface area contributed by atoms with Gasteiger partial charge >= 0.3 is 0 Å². The molecular weight excluding hydrogens is 386 g/mol. The van der Waals surface area contributed by atoms with Crippen LogP contribution in [0.15, 0.2) is 85.2 Å². The summed E-state index contributed by atoms with van der Waals surface area (Å²) >= 11 is 0. The SMILES string of the molecule is CCOc1ccc(CC(=O)N(Cc2ccn3nccc3c2)[C@@H](C)c2ccccc2)cc1. The van der Waals surface area contributed by atoms with Crippen molar-refractivity contribution in [1.82, 2.24) is 14.5 Å². The first kappa shape index (κ1) is 20.7. The summed E-state index contributed by atoms with van der Waals surface area (Å²) in [6.45, 7) is 5.21. The van der Waals surface area contributed by atoms with Gasteiger partial charge in [0.25, 0.3) is 0 Å². The van der Waals surface area contributed by atoms with Crippen LogP contribution in [0.4, 0.5) is 0 Å². The Kier molecular flexibility index (Phi) is 6.32. The molecule has 158 valence electrons. The van der Waals surface area contributed by atoms with Crippen molar-refractivity contribution in [3.8, 4) is 5.75 Å². The van der Waals surface area contributed by atoms with Crippen molar-refractivity contribution in [3.63, 3.8) is 0 Å². The fraction of sp³-hybridized carbons (Fsp3) is 0.231. The molecular formula is C26H27N3O2. The maximum absolute atomic E-state index is 13.4. The number of fused-ring (bicyclic) bond motifs is 1. The van der Waals surface area contributed by atoms with Crippen LogP contribution in [0.5, 0.6) is 5.75 Å². The Bertz CT molecular complexity index is 1140. The van der Waals surface area contributed by atoms with Crippen LogP contribution in [-0.2, 0) is 17.8 Å². The molecule has 5 heteroatoms. The molecule has 0 aliphatic carbocycles. The third kappa shape index (κ3) is 4.94. The summed E-state index contributed by atoms with van der Waals surface area (Å²) in [5.74, 6) is 0.913. The van der Waals surface area contributed by atoms with E-state index in [9.17, 15) is 4.79 Å². The van der Waals surface area contributed by atoms with Crippen LogP contribution in [0.25, 0.3) is 5.52 Å². The number of ether oxygens (including phenoxy) is 1. The third-order valence-corrected chi connectivity index (χ3v) is 5.48. The van der Waals surface area contributed by atoms with Gasteiger partial charge < -0.3 is 9.64 Å². The lowest BCUT2D eigenvalue weighted by atomic mass is 10.0. The molecule has 0 saturated carbocycles. The molecule has 0 unspecified atom stereocenters. The Balaban J connectivity index is 1.58. The Morgan fingerprint density at radius 1 is 1.03 bits per heavy atom. The molecule has 0 spiro atoms. The van der Waals surface area contributed by atoms with Gasteiger partial charge in [-0.05, 0) is 60.9 Å². The van der Waals surface area contributed by atoms with E-state index in [-0.39, 0.29) is 11.9 Å². The first-order valence-corrected chi connectivity index (χ1v) is 10.6. The monoisotopic (exact) mass is 413 g/mol. The van der Waals surface area contributed by atoms with Gasteiger partial charge in [0.15, 0.2) is 0 Å². The highest BCUT2D eigenvalue weighted by Gasteiger charge is 2.22. The van der Waals surface area contributed by atoms with E-state index in [2.05, 4.69) is 30.2 Å². The van der Waals surface area contributed by atoms with E-state index in [4.69, 9.17) is 4.74 Å². The lowest BCUT2D eigenvalue weighted by Crippen LogP contribution is -2.34. The number of nitrogens with zero attached hydrogens (tertiary/aromatic N) is 3. The summed E-state index contributed by atoms with van der Waals surface area (Å²) in [4.78, 5) is 15.4. The van der Waals surface area contributed by atoms with Gasteiger partial charge in [-0.1, -0.05) is 42.5 Å². The minimum Gasteiger partial charge on any atom is -0.494 e. The minimum atomic E-state index is -0.0439. The smallest absolute Gasteiger partial charge is 0.227 e. The van der Waals surface area contributed by atoms with Gasteiger partial charge in [0, 0.05) is 18.9 Å². The zero-order valence-corrected chi connectivity index (χ0v) is 17.9. The molecule has 0 saturated heterocycles. The van der Waals surface area contributed by atoms with Gasteiger partial charge in [0.2, 0.25) is 5.91 Å². The zero-order valence-electron chi connectivity index (χ0n) is 17.9. The highest BCUT2D eigenvalue weighted by molar-refractivity contribution is 5.79. The third-order valence-electron chi connectivity index (χ3n) is 5.48. The Labute approximate surface area is 182 Å². The van der Waals surface area contributed by atoms with Crippen LogP contribution < -0.4 is 4.74 Å². The highest BCUT2D eigenvalue weighted by atomic mass is 16.5. The van der Waals surface area contributed by atoms with E-state index in [0.717, 1.165) is 28.0 Å². The lowest BCUT2D eigenvalue weighted by molar-refractivity contribution is -0.133. The predicted octanol–water partition coefficient (Wildman–Crippen LogP) is 5.07. The standard InChI is InChI=1S/C26H27N3O2/c1-3-31-25-11-9-21(10-12-25)18-26(30)28(20(2)23-7-5-4-6-8-23)19-22-14-16-29-24(17-22)13-15-27-29/h4-17,20H,3,18-19H2,1-2H3/t20-/m0/s1. The molecule has 0 bridgehead atoms. The van der Waals surface area contributed by atoms with Gasteiger partial charge in [-0.15, -0.1) is 0 Å². The molecule has 31 heavy (non-hydrogen) atoms. The second-order valence-corrected chi connectivity index (χ2v) is 7.60. The summed E-state index contributed by atoms with van der Waals surface area (Å²) in [5, 5.41) is 4.26. The van der Waals surface area contributed by atoms with E-state index in [1.807, 2.05) is 77.1 Å². The first-order valence-electron chi connectivity index (χ1n) is 10.6. The number of pyridine rings is 1. The summed E-state index contributed by atoms with van der Waals surface area (Å²) in [7, 11) is 0. The van der Waals surface area contributed by atoms with E-state index >= 15 is 0 Å². The molecule has 0 aliphatic rings. The van der Waals surface area contributed by atoms with Crippen LogP contribution in [0, 0.1) is 0 Å². The normalized spacial score (nSPS) is 11.9. The topological polar surface area (TPSA) is 46.8 Å². The molecule has 0 fully saturated rings. The van der Waals surface area contributed by atoms with Gasteiger partial charge in [-0.25, -0.2) is 4.52 Å². The van der Waals surface area contributed by atoms with Crippen molar-refractivity contribution in [2.75, 3.05) is 6.61 Å². The molecule has 0 aliphatic heterocycles. The van der Waals surface area contributed by atoms with E-state index in [1.54, 1.807) is 6.20 Å². The van der Waals surface area contributed by atoms with E-state index in [1.165, 1.54) is 0 Å². The molecule has 1 amide bonds. The van der Waals surface area contributed by atoms with Gasteiger partial charge in [0.05, 0.1) is 24.6 Å². The molecule has 2 heterocycles. The Morgan fingerprint density at radius 2 is 1.81 bits per heavy atom. The molecule has 0 N–H and O–H groups in total. The largest absolute Gasteiger partial charge is 0.494 e. The maximum Gasteiger partial charge on any atom is 0.227 e. The highest BCUT2D eigenvalue weighted by Crippen LogP contribution is 2.24. The molecule has 2 aromatic heterocycles. The summed E-state index contributed by atoms with van der Waals surface area (Å²) < 4.78 is 7.34. The number of amides is 1. The average Bonchev–Trinajstić information content (AvgIpc) is 3.27. The Morgan fingerprint density at radius 3 is 2.55 bits per heavy atom. The predicted molar refractivity (Wildman–Crippen MR) is 122 cm³/mol. The molecule has 4 rings (SSSR count).